The molecule has 1 heterocycles. The summed E-state index contributed by atoms with van der Waals surface area (Å²) < 4.78 is 1.98. The monoisotopic (exact) mass is 188 g/mol. The molecule has 2 heteroatoms. The van der Waals surface area contributed by atoms with E-state index in [1.807, 2.05) is 47.3 Å². The first kappa shape index (κ1) is 8.27. The second-order valence-corrected chi connectivity index (χ2v) is 2.98. The van der Waals surface area contributed by atoms with Gasteiger partial charge in [-0.05, 0) is 0 Å². The van der Waals surface area contributed by atoms with Crippen LogP contribution in [0.15, 0.2) is 42.7 Å². The van der Waals surface area contributed by atoms with Crippen LogP contribution in [0.3, 0.4) is 0 Å². The van der Waals surface area contributed by atoms with Gasteiger partial charge in [-0.15, -0.1) is 0 Å². The fourth-order valence-electron chi connectivity index (χ4n) is 1.08. The van der Waals surface area contributed by atoms with Crippen molar-refractivity contribution < 1.29 is 4.57 Å². The summed E-state index contributed by atoms with van der Waals surface area (Å²) in [5.74, 6) is 0. The lowest BCUT2D eigenvalue weighted by atomic mass is 10.3. The summed E-state index contributed by atoms with van der Waals surface area (Å²) >= 11 is 5.68. The lowest BCUT2D eigenvalue weighted by Crippen LogP contribution is -2.28. The summed E-state index contributed by atoms with van der Waals surface area (Å²) in [6.07, 6.45) is 3.93. The molecule has 0 N–H and O–H groups in total. The SMILES string of the molecule is Clc1[c]cc(-[n+]2ccccc2)c[c]1. The molecule has 0 amide bonds. The Morgan fingerprint density at radius 1 is 1.00 bits per heavy atom. The van der Waals surface area contributed by atoms with E-state index >= 15 is 0 Å². The molecule has 13 heavy (non-hydrogen) atoms. The van der Waals surface area contributed by atoms with Gasteiger partial charge in [0.1, 0.15) is 0 Å². The molecule has 0 fully saturated rings. The molecule has 0 unspecified atom stereocenters. The zero-order chi connectivity index (χ0) is 9.10. The summed E-state index contributed by atoms with van der Waals surface area (Å²) in [4.78, 5) is 0. The molecule has 2 aromatic rings. The lowest BCUT2D eigenvalue weighted by molar-refractivity contribution is -0.595. The Bertz CT molecular complexity index is 381. The molecule has 0 atom stereocenters. The first-order valence-corrected chi connectivity index (χ1v) is 4.29. The van der Waals surface area contributed by atoms with Gasteiger partial charge in [-0.2, -0.15) is 4.57 Å². The van der Waals surface area contributed by atoms with E-state index in [1.165, 1.54) is 0 Å². The Hall–Kier alpha value is -1.34. The summed E-state index contributed by atoms with van der Waals surface area (Å²) in [5, 5.41) is 0.514. The van der Waals surface area contributed by atoms with Gasteiger partial charge in [0.15, 0.2) is 12.4 Å². The molecule has 2 rings (SSSR count). The Kier molecular flexibility index (Phi) is 2.28. The summed E-state index contributed by atoms with van der Waals surface area (Å²) in [7, 11) is 0. The van der Waals surface area contributed by atoms with Crippen LogP contribution < -0.4 is 4.57 Å². The molecule has 1 nitrogen and oxygen atoms in total. The van der Waals surface area contributed by atoms with Crippen molar-refractivity contribution in [1.82, 2.24) is 0 Å². The van der Waals surface area contributed by atoms with E-state index in [0.29, 0.717) is 5.02 Å². The van der Waals surface area contributed by atoms with Gasteiger partial charge in [-0.1, -0.05) is 17.7 Å². The molecule has 1 aromatic heterocycles. The van der Waals surface area contributed by atoms with E-state index in [9.17, 15) is 0 Å². The highest BCUT2D eigenvalue weighted by Gasteiger charge is 2.02. The number of benzene rings is 1. The molecule has 0 saturated carbocycles. The van der Waals surface area contributed by atoms with E-state index in [0.717, 1.165) is 5.69 Å². The van der Waals surface area contributed by atoms with Crippen molar-refractivity contribution in [3.63, 3.8) is 0 Å². The maximum absolute atomic E-state index is 5.68. The first-order valence-electron chi connectivity index (χ1n) is 3.92. The zero-order valence-corrected chi connectivity index (χ0v) is 7.62. The van der Waals surface area contributed by atoms with Crippen molar-refractivity contribution in [3.8, 4) is 5.69 Å². The van der Waals surface area contributed by atoms with E-state index in [-0.39, 0.29) is 0 Å². The highest BCUT2D eigenvalue weighted by molar-refractivity contribution is 6.30. The maximum atomic E-state index is 5.68. The summed E-state index contributed by atoms with van der Waals surface area (Å²) in [6.45, 7) is 0. The summed E-state index contributed by atoms with van der Waals surface area (Å²) in [6, 6.07) is 15.3. The Morgan fingerprint density at radius 2 is 1.62 bits per heavy atom. The van der Waals surface area contributed by atoms with Gasteiger partial charge < -0.3 is 0 Å². The number of hydrogen-bond acceptors (Lipinski definition) is 0. The van der Waals surface area contributed by atoms with Crippen LogP contribution >= 0.6 is 11.6 Å². The molecule has 1 aromatic carbocycles. The lowest BCUT2D eigenvalue weighted by Gasteiger charge is -1.93. The third kappa shape index (κ3) is 1.87. The Morgan fingerprint density at radius 3 is 2.23 bits per heavy atom. The minimum Gasteiger partial charge on any atom is -0.167 e. The van der Waals surface area contributed by atoms with Crippen molar-refractivity contribution in [2.45, 2.75) is 0 Å². The van der Waals surface area contributed by atoms with Crippen LogP contribution in [0.2, 0.25) is 5.02 Å². The van der Waals surface area contributed by atoms with Gasteiger partial charge in [-0.25, -0.2) is 0 Å². The number of aromatic nitrogens is 1. The number of pyridine rings is 1. The number of halogens is 1. The van der Waals surface area contributed by atoms with Gasteiger partial charge in [-0.3, -0.25) is 0 Å². The van der Waals surface area contributed by atoms with Crippen LogP contribution in [0.1, 0.15) is 0 Å². The van der Waals surface area contributed by atoms with Gasteiger partial charge in [0, 0.05) is 36.4 Å². The largest absolute Gasteiger partial charge is 0.211 e. The van der Waals surface area contributed by atoms with Crippen molar-refractivity contribution >= 4 is 11.6 Å². The highest BCUT2D eigenvalue weighted by Crippen LogP contribution is 2.06. The molecule has 2 radical (unpaired) electrons. The average molecular weight is 189 g/mol. The normalized spacial score (nSPS) is 9.92. The minimum atomic E-state index is 0.514. The quantitative estimate of drug-likeness (QED) is 0.605. The van der Waals surface area contributed by atoms with Gasteiger partial charge in [0.25, 0.3) is 0 Å². The molecule has 0 bridgehead atoms. The fourth-order valence-corrected chi connectivity index (χ4v) is 1.19. The van der Waals surface area contributed by atoms with Crippen molar-refractivity contribution in [2.75, 3.05) is 0 Å². The molecule has 0 aliphatic carbocycles. The van der Waals surface area contributed by atoms with Gasteiger partial charge in [0.05, 0.1) is 5.02 Å². The third-order valence-electron chi connectivity index (χ3n) is 1.71. The van der Waals surface area contributed by atoms with Gasteiger partial charge >= 0.3 is 0 Å². The minimum absolute atomic E-state index is 0.514. The van der Waals surface area contributed by atoms with Crippen LogP contribution in [0.4, 0.5) is 0 Å². The van der Waals surface area contributed by atoms with Gasteiger partial charge in [0.2, 0.25) is 5.69 Å². The van der Waals surface area contributed by atoms with Crippen molar-refractivity contribution in [3.05, 3.63) is 59.9 Å². The summed E-state index contributed by atoms with van der Waals surface area (Å²) in [5.41, 5.74) is 1.00. The topological polar surface area (TPSA) is 3.88 Å². The molecule has 0 spiro atoms. The van der Waals surface area contributed by atoms with Crippen molar-refractivity contribution in [2.24, 2.45) is 0 Å². The second kappa shape index (κ2) is 3.58. The predicted octanol–water partition coefficient (Wildman–Crippen LogP) is 2.22. The van der Waals surface area contributed by atoms with E-state index in [1.54, 1.807) is 0 Å². The standard InChI is InChI=1S/C11H7ClN/c12-10-4-6-11(7-5-10)13-8-2-1-3-9-13/h1-3,6-9H/q+1. The van der Waals surface area contributed by atoms with Crippen molar-refractivity contribution in [1.29, 1.82) is 0 Å². The van der Waals surface area contributed by atoms with E-state index < -0.39 is 0 Å². The molecule has 0 aliphatic heterocycles. The fraction of sp³-hybridized carbons (Fsp3) is 0. The third-order valence-corrected chi connectivity index (χ3v) is 1.93. The molecule has 0 aliphatic rings. The first-order chi connectivity index (χ1) is 6.36. The smallest absolute Gasteiger partial charge is 0.167 e. The van der Waals surface area contributed by atoms with E-state index in [2.05, 4.69) is 12.1 Å². The number of rotatable bonds is 1. The van der Waals surface area contributed by atoms with Crippen LogP contribution in [0.25, 0.3) is 5.69 Å². The average Bonchev–Trinajstić information content (AvgIpc) is 2.20. The van der Waals surface area contributed by atoms with Crippen LogP contribution in [0.5, 0.6) is 0 Å². The maximum Gasteiger partial charge on any atom is 0.211 e. The highest BCUT2D eigenvalue weighted by atomic mass is 35.5. The number of nitrogens with zero attached hydrogens (tertiary/aromatic N) is 1. The predicted molar refractivity (Wildman–Crippen MR) is 50.7 cm³/mol. The number of hydrogen-bond donors (Lipinski definition) is 0. The Labute approximate surface area is 82.2 Å². The second-order valence-electron chi connectivity index (χ2n) is 2.60. The molecule has 0 saturated heterocycles. The van der Waals surface area contributed by atoms with E-state index in [4.69, 9.17) is 11.6 Å². The molecule has 62 valence electrons. The van der Waals surface area contributed by atoms with Crippen LogP contribution in [0, 0.1) is 12.1 Å². The zero-order valence-electron chi connectivity index (χ0n) is 6.87. The van der Waals surface area contributed by atoms with Crippen LogP contribution in [-0.4, -0.2) is 0 Å². The molecular formula is C11H7ClN+. The molecular weight excluding hydrogens is 182 g/mol. The van der Waals surface area contributed by atoms with Crippen LogP contribution in [-0.2, 0) is 0 Å². The Balaban J connectivity index is 2.42.